The first kappa shape index (κ1) is 13.0. The third kappa shape index (κ3) is 4.23. The van der Waals surface area contributed by atoms with E-state index in [9.17, 15) is 10.1 Å². The molecule has 0 saturated heterocycles. The Hall–Kier alpha value is -1.03. The summed E-state index contributed by atoms with van der Waals surface area (Å²) in [6.45, 7) is 4.21. The molecule has 16 heavy (non-hydrogen) atoms. The lowest BCUT2D eigenvalue weighted by Gasteiger charge is -2.16. The Labute approximate surface area is 100 Å². The summed E-state index contributed by atoms with van der Waals surface area (Å²) in [5.41, 5.74) is 1.05. The van der Waals surface area contributed by atoms with E-state index in [-0.39, 0.29) is 16.7 Å². The first-order chi connectivity index (χ1) is 7.63. The predicted octanol–water partition coefficient (Wildman–Crippen LogP) is 3.54. The summed E-state index contributed by atoms with van der Waals surface area (Å²) in [5, 5.41) is 11.1. The SMILES string of the molecule is CCC(C)SC(C[N+](=O)[O-])c1ccccc1. The average molecular weight is 239 g/mol. The van der Waals surface area contributed by atoms with Crippen LogP contribution in [0.2, 0.25) is 0 Å². The highest BCUT2D eigenvalue weighted by Crippen LogP contribution is 2.33. The van der Waals surface area contributed by atoms with Gasteiger partial charge in [0.1, 0.15) is 0 Å². The highest BCUT2D eigenvalue weighted by atomic mass is 32.2. The van der Waals surface area contributed by atoms with E-state index >= 15 is 0 Å². The molecule has 0 N–H and O–H groups in total. The minimum atomic E-state index is -0.229. The van der Waals surface area contributed by atoms with Crippen LogP contribution in [0, 0.1) is 10.1 Å². The number of hydrogen-bond donors (Lipinski definition) is 0. The molecular weight excluding hydrogens is 222 g/mol. The van der Waals surface area contributed by atoms with Gasteiger partial charge in [0.15, 0.2) is 0 Å². The van der Waals surface area contributed by atoms with Crippen LogP contribution in [0.3, 0.4) is 0 Å². The van der Waals surface area contributed by atoms with Crippen molar-refractivity contribution in [3.8, 4) is 0 Å². The number of thioether (sulfide) groups is 1. The smallest absolute Gasteiger partial charge is 0.219 e. The maximum absolute atomic E-state index is 10.6. The van der Waals surface area contributed by atoms with E-state index in [0.717, 1.165) is 12.0 Å². The molecule has 1 rings (SSSR count). The third-order valence-electron chi connectivity index (χ3n) is 2.46. The van der Waals surface area contributed by atoms with Crippen LogP contribution in [-0.4, -0.2) is 16.7 Å². The minimum absolute atomic E-state index is 0.000972. The van der Waals surface area contributed by atoms with Gasteiger partial charge < -0.3 is 0 Å². The normalized spacial score (nSPS) is 14.4. The van der Waals surface area contributed by atoms with Crippen molar-refractivity contribution in [3.05, 3.63) is 46.0 Å². The van der Waals surface area contributed by atoms with Crippen LogP contribution in [0.1, 0.15) is 31.1 Å². The van der Waals surface area contributed by atoms with Crippen LogP contribution < -0.4 is 0 Å². The van der Waals surface area contributed by atoms with Crippen LogP contribution in [-0.2, 0) is 0 Å². The maximum atomic E-state index is 10.6. The first-order valence-electron chi connectivity index (χ1n) is 5.45. The van der Waals surface area contributed by atoms with Crippen molar-refractivity contribution < 1.29 is 4.92 Å². The molecule has 0 aliphatic carbocycles. The Kier molecular flexibility index (Phi) is 5.32. The second-order valence-corrected chi connectivity index (χ2v) is 5.42. The van der Waals surface area contributed by atoms with E-state index in [0.29, 0.717) is 5.25 Å². The van der Waals surface area contributed by atoms with E-state index in [1.165, 1.54) is 0 Å². The molecule has 2 unspecified atom stereocenters. The van der Waals surface area contributed by atoms with E-state index in [1.54, 1.807) is 11.8 Å². The molecule has 0 aromatic heterocycles. The Balaban J connectivity index is 2.75. The quantitative estimate of drug-likeness (QED) is 0.563. The summed E-state index contributed by atoms with van der Waals surface area (Å²) in [7, 11) is 0. The second-order valence-electron chi connectivity index (χ2n) is 3.77. The molecule has 0 aliphatic heterocycles. The van der Waals surface area contributed by atoms with Crippen molar-refractivity contribution in [2.45, 2.75) is 30.8 Å². The Morgan fingerprint density at radius 2 is 2.00 bits per heavy atom. The molecule has 0 saturated carbocycles. The molecule has 1 aromatic rings. The zero-order valence-electron chi connectivity index (χ0n) is 9.63. The molecule has 2 atom stereocenters. The average Bonchev–Trinajstić information content (AvgIpc) is 2.28. The predicted molar refractivity (Wildman–Crippen MR) is 68.4 cm³/mol. The monoisotopic (exact) mass is 239 g/mol. The molecular formula is C12H17NO2S. The molecule has 1 aromatic carbocycles. The van der Waals surface area contributed by atoms with Gasteiger partial charge in [0.25, 0.3) is 0 Å². The summed E-state index contributed by atoms with van der Waals surface area (Å²) in [5.74, 6) is 0. The van der Waals surface area contributed by atoms with Crippen LogP contribution in [0.4, 0.5) is 0 Å². The Morgan fingerprint density at radius 3 is 2.50 bits per heavy atom. The number of hydrogen-bond acceptors (Lipinski definition) is 3. The molecule has 0 bridgehead atoms. The maximum Gasteiger partial charge on any atom is 0.219 e. The van der Waals surface area contributed by atoms with E-state index < -0.39 is 0 Å². The highest BCUT2D eigenvalue weighted by Gasteiger charge is 2.20. The third-order valence-corrected chi connectivity index (χ3v) is 4.01. The lowest BCUT2D eigenvalue weighted by molar-refractivity contribution is -0.479. The van der Waals surface area contributed by atoms with Gasteiger partial charge in [-0.05, 0) is 12.0 Å². The number of rotatable bonds is 6. The number of nitro groups is 1. The zero-order valence-corrected chi connectivity index (χ0v) is 10.4. The minimum Gasteiger partial charge on any atom is -0.264 e. The summed E-state index contributed by atoms with van der Waals surface area (Å²) in [6, 6.07) is 9.71. The summed E-state index contributed by atoms with van der Waals surface area (Å²) >= 11 is 1.68. The van der Waals surface area contributed by atoms with Gasteiger partial charge in [-0.3, -0.25) is 10.1 Å². The fraction of sp³-hybridized carbons (Fsp3) is 0.500. The highest BCUT2D eigenvalue weighted by molar-refractivity contribution is 8.00. The van der Waals surface area contributed by atoms with Crippen molar-refractivity contribution in [1.29, 1.82) is 0 Å². The molecule has 0 heterocycles. The molecule has 0 amide bonds. The standard InChI is InChI=1S/C12H17NO2S/c1-3-10(2)16-12(9-13(14)15)11-7-5-4-6-8-11/h4-8,10,12H,3,9H2,1-2H3. The summed E-state index contributed by atoms with van der Waals surface area (Å²) in [4.78, 5) is 10.4. The van der Waals surface area contributed by atoms with Crippen molar-refractivity contribution in [3.63, 3.8) is 0 Å². The van der Waals surface area contributed by atoms with E-state index in [4.69, 9.17) is 0 Å². The van der Waals surface area contributed by atoms with Gasteiger partial charge in [-0.2, -0.15) is 0 Å². The van der Waals surface area contributed by atoms with Gasteiger partial charge in [-0.15, -0.1) is 11.8 Å². The lowest BCUT2D eigenvalue weighted by atomic mass is 10.1. The molecule has 88 valence electrons. The largest absolute Gasteiger partial charge is 0.264 e. The van der Waals surface area contributed by atoms with E-state index in [2.05, 4.69) is 13.8 Å². The van der Waals surface area contributed by atoms with Gasteiger partial charge in [0.2, 0.25) is 6.54 Å². The fourth-order valence-corrected chi connectivity index (χ4v) is 2.68. The molecule has 0 spiro atoms. The summed E-state index contributed by atoms with van der Waals surface area (Å²) < 4.78 is 0. The van der Waals surface area contributed by atoms with Crippen molar-refractivity contribution in [2.75, 3.05) is 6.54 Å². The zero-order chi connectivity index (χ0) is 12.0. The van der Waals surface area contributed by atoms with Crippen molar-refractivity contribution >= 4 is 11.8 Å². The number of benzene rings is 1. The van der Waals surface area contributed by atoms with Crippen molar-refractivity contribution in [1.82, 2.24) is 0 Å². The van der Waals surface area contributed by atoms with E-state index in [1.807, 2.05) is 30.3 Å². The van der Waals surface area contributed by atoms with Crippen LogP contribution >= 0.6 is 11.8 Å². The molecule has 3 nitrogen and oxygen atoms in total. The Morgan fingerprint density at radius 1 is 1.38 bits per heavy atom. The van der Waals surface area contributed by atoms with Gasteiger partial charge in [-0.1, -0.05) is 44.2 Å². The number of nitrogens with zero attached hydrogens (tertiary/aromatic N) is 1. The second kappa shape index (κ2) is 6.53. The van der Waals surface area contributed by atoms with Gasteiger partial charge in [-0.25, -0.2) is 0 Å². The molecule has 0 aliphatic rings. The van der Waals surface area contributed by atoms with Gasteiger partial charge in [0.05, 0.1) is 5.25 Å². The van der Waals surface area contributed by atoms with Gasteiger partial charge in [0, 0.05) is 10.2 Å². The first-order valence-corrected chi connectivity index (χ1v) is 6.40. The summed E-state index contributed by atoms with van der Waals surface area (Å²) in [6.07, 6.45) is 1.03. The van der Waals surface area contributed by atoms with Crippen LogP contribution in [0.15, 0.2) is 30.3 Å². The van der Waals surface area contributed by atoms with Crippen LogP contribution in [0.25, 0.3) is 0 Å². The van der Waals surface area contributed by atoms with Crippen LogP contribution in [0.5, 0.6) is 0 Å². The molecule has 0 fully saturated rings. The Bertz CT molecular complexity index is 329. The van der Waals surface area contributed by atoms with Gasteiger partial charge >= 0.3 is 0 Å². The van der Waals surface area contributed by atoms with Crippen molar-refractivity contribution in [2.24, 2.45) is 0 Å². The topological polar surface area (TPSA) is 43.1 Å². The fourth-order valence-electron chi connectivity index (χ4n) is 1.41. The molecule has 0 radical (unpaired) electrons. The molecule has 4 heteroatoms. The lowest BCUT2D eigenvalue weighted by Crippen LogP contribution is -2.12.